The van der Waals surface area contributed by atoms with Crippen LogP contribution in [0.4, 0.5) is 0 Å². The molecule has 1 aromatic carbocycles. The smallest absolute Gasteiger partial charge is 0.240 e. The molecular weight excluding hydrogens is 402 g/mol. The molecule has 2 fully saturated rings. The van der Waals surface area contributed by atoms with Gasteiger partial charge in [-0.05, 0) is 36.5 Å². The van der Waals surface area contributed by atoms with Crippen LogP contribution < -0.4 is 15.4 Å². The quantitative estimate of drug-likeness (QED) is 0.508. The van der Waals surface area contributed by atoms with Crippen LogP contribution in [0.15, 0.2) is 29.2 Å². The SMILES string of the molecule is COCCNS(=O)(=O)c1cccc(CNC2CCCC2C2COCCN2)c1.Cl. The van der Waals surface area contributed by atoms with E-state index in [-0.39, 0.29) is 19.0 Å². The molecule has 0 aromatic heterocycles. The molecule has 1 aliphatic carbocycles. The minimum Gasteiger partial charge on any atom is -0.383 e. The van der Waals surface area contributed by atoms with Crippen LogP contribution in [-0.2, 0) is 26.0 Å². The summed E-state index contributed by atoms with van der Waals surface area (Å²) >= 11 is 0. The van der Waals surface area contributed by atoms with Crippen molar-refractivity contribution in [2.24, 2.45) is 5.92 Å². The van der Waals surface area contributed by atoms with E-state index < -0.39 is 10.0 Å². The number of ether oxygens (including phenoxy) is 2. The molecule has 28 heavy (non-hydrogen) atoms. The number of hydrogen-bond acceptors (Lipinski definition) is 6. The van der Waals surface area contributed by atoms with E-state index in [1.165, 1.54) is 12.8 Å². The summed E-state index contributed by atoms with van der Waals surface area (Å²) in [6.45, 7) is 3.77. The van der Waals surface area contributed by atoms with E-state index in [2.05, 4.69) is 15.4 Å². The van der Waals surface area contributed by atoms with Crippen LogP contribution in [-0.4, -0.2) is 60.5 Å². The Hall–Kier alpha value is -0.740. The molecule has 3 rings (SSSR count). The maximum absolute atomic E-state index is 12.4. The van der Waals surface area contributed by atoms with Gasteiger partial charge in [-0.15, -0.1) is 12.4 Å². The minimum absolute atomic E-state index is 0. The first-order chi connectivity index (χ1) is 13.1. The van der Waals surface area contributed by atoms with Gasteiger partial charge < -0.3 is 20.1 Å². The first-order valence-electron chi connectivity index (χ1n) is 9.72. The topological polar surface area (TPSA) is 88.7 Å². The third-order valence-electron chi connectivity index (χ3n) is 5.41. The average molecular weight is 434 g/mol. The van der Waals surface area contributed by atoms with E-state index in [9.17, 15) is 8.42 Å². The predicted octanol–water partition coefficient (Wildman–Crippen LogP) is 1.28. The van der Waals surface area contributed by atoms with Gasteiger partial charge in [0.25, 0.3) is 0 Å². The molecule has 1 heterocycles. The molecule has 160 valence electrons. The monoisotopic (exact) mass is 433 g/mol. The predicted molar refractivity (Wildman–Crippen MR) is 111 cm³/mol. The Morgan fingerprint density at radius 2 is 2.18 bits per heavy atom. The van der Waals surface area contributed by atoms with Crippen molar-refractivity contribution in [3.05, 3.63) is 29.8 Å². The Balaban J connectivity index is 0.00000280. The summed E-state index contributed by atoms with van der Waals surface area (Å²) in [7, 11) is -1.96. The fourth-order valence-electron chi connectivity index (χ4n) is 4.02. The lowest BCUT2D eigenvalue weighted by molar-refractivity contribution is 0.0524. The van der Waals surface area contributed by atoms with Gasteiger partial charge in [0.15, 0.2) is 0 Å². The highest BCUT2D eigenvalue weighted by Crippen LogP contribution is 2.29. The molecule has 3 atom stereocenters. The number of halogens is 1. The first-order valence-corrected chi connectivity index (χ1v) is 11.2. The number of nitrogens with one attached hydrogen (secondary N) is 3. The van der Waals surface area contributed by atoms with E-state index >= 15 is 0 Å². The van der Waals surface area contributed by atoms with Gasteiger partial charge in [-0.25, -0.2) is 13.1 Å². The molecule has 1 aliphatic heterocycles. The van der Waals surface area contributed by atoms with Crippen molar-refractivity contribution in [2.45, 2.75) is 42.8 Å². The van der Waals surface area contributed by atoms with Gasteiger partial charge in [-0.3, -0.25) is 0 Å². The van der Waals surface area contributed by atoms with Gasteiger partial charge >= 0.3 is 0 Å². The Labute approximate surface area is 174 Å². The number of hydrogen-bond donors (Lipinski definition) is 3. The van der Waals surface area contributed by atoms with E-state index in [0.29, 0.717) is 36.0 Å². The van der Waals surface area contributed by atoms with Gasteiger partial charge in [-0.2, -0.15) is 0 Å². The minimum atomic E-state index is -3.50. The zero-order valence-electron chi connectivity index (χ0n) is 16.4. The molecule has 3 N–H and O–H groups in total. The Bertz CT molecular complexity index is 698. The van der Waals surface area contributed by atoms with E-state index in [0.717, 1.165) is 31.7 Å². The highest BCUT2D eigenvalue weighted by Gasteiger charge is 2.34. The molecule has 0 bridgehead atoms. The number of sulfonamides is 1. The van der Waals surface area contributed by atoms with E-state index in [1.54, 1.807) is 25.3 Å². The van der Waals surface area contributed by atoms with Crippen LogP contribution in [0.3, 0.4) is 0 Å². The summed E-state index contributed by atoms with van der Waals surface area (Å²) in [6, 6.07) is 7.98. The normalized spacial score (nSPS) is 25.4. The van der Waals surface area contributed by atoms with E-state index in [1.807, 2.05) is 6.07 Å². The van der Waals surface area contributed by atoms with Crippen molar-refractivity contribution >= 4 is 22.4 Å². The molecule has 7 nitrogen and oxygen atoms in total. The summed E-state index contributed by atoms with van der Waals surface area (Å²) < 4.78 is 37.8. The van der Waals surface area contributed by atoms with Crippen molar-refractivity contribution in [1.29, 1.82) is 0 Å². The van der Waals surface area contributed by atoms with Crippen LogP contribution in [0.1, 0.15) is 24.8 Å². The molecule has 9 heteroatoms. The second-order valence-electron chi connectivity index (χ2n) is 7.26. The van der Waals surface area contributed by atoms with Gasteiger partial charge in [-0.1, -0.05) is 18.6 Å². The van der Waals surface area contributed by atoms with Crippen molar-refractivity contribution in [3.63, 3.8) is 0 Å². The van der Waals surface area contributed by atoms with Gasteiger partial charge in [0, 0.05) is 38.8 Å². The first kappa shape index (κ1) is 23.5. The third-order valence-corrected chi connectivity index (χ3v) is 6.87. The number of benzene rings is 1. The second kappa shape index (κ2) is 11.4. The lowest BCUT2D eigenvalue weighted by atomic mass is 9.94. The van der Waals surface area contributed by atoms with Crippen LogP contribution >= 0.6 is 12.4 Å². The summed E-state index contributed by atoms with van der Waals surface area (Å²) in [5.74, 6) is 0.563. The largest absolute Gasteiger partial charge is 0.383 e. The zero-order chi connectivity index (χ0) is 19.1. The maximum atomic E-state index is 12.4. The third kappa shape index (κ3) is 6.38. The van der Waals surface area contributed by atoms with Crippen molar-refractivity contribution in [1.82, 2.24) is 15.4 Å². The molecule has 1 saturated heterocycles. The fourth-order valence-corrected chi connectivity index (χ4v) is 5.10. The molecule has 0 spiro atoms. The van der Waals surface area contributed by atoms with Crippen LogP contribution in [0.5, 0.6) is 0 Å². The van der Waals surface area contributed by atoms with Gasteiger partial charge in [0.05, 0.1) is 24.7 Å². The van der Waals surface area contributed by atoms with Crippen LogP contribution in [0, 0.1) is 5.92 Å². The van der Waals surface area contributed by atoms with Crippen LogP contribution in [0.2, 0.25) is 0 Å². The van der Waals surface area contributed by atoms with Crippen LogP contribution in [0.25, 0.3) is 0 Å². The van der Waals surface area contributed by atoms with Gasteiger partial charge in [0.2, 0.25) is 10.0 Å². The fraction of sp³-hybridized carbons (Fsp3) is 0.684. The summed E-state index contributed by atoms with van der Waals surface area (Å²) in [6.07, 6.45) is 3.58. The van der Waals surface area contributed by atoms with Crippen molar-refractivity contribution in [3.8, 4) is 0 Å². The summed E-state index contributed by atoms with van der Waals surface area (Å²) in [5.41, 5.74) is 0.975. The van der Waals surface area contributed by atoms with E-state index in [4.69, 9.17) is 9.47 Å². The highest BCUT2D eigenvalue weighted by molar-refractivity contribution is 7.89. The number of methoxy groups -OCH3 is 1. The van der Waals surface area contributed by atoms with Crippen molar-refractivity contribution < 1.29 is 17.9 Å². The summed E-state index contributed by atoms with van der Waals surface area (Å²) in [4.78, 5) is 0.295. The lowest BCUT2D eigenvalue weighted by Crippen LogP contribution is -2.50. The molecule has 1 saturated carbocycles. The molecule has 0 radical (unpaired) electrons. The number of rotatable bonds is 9. The molecular formula is C19H32ClN3O4S. The molecule has 0 amide bonds. The zero-order valence-corrected chi connectivity index (χ0v) is 18.0. The Morgan fingerprint density at radius 1 is 1.32 bits per heavy atom. The molecule has 1 aromatic rings. The second-order valence-corrected chi connectivity index (χ2v) is 9.02. The van der Waals surface area contributed by atoms with Gasteiger partial charge in [0.1, 0.15) is 0 Å². The Kier molecular flexibility index (Phi) is 9.62. The summed E-state index contributed by atoms with van der Waals surface area (Å²) in [5, 5.41) is 7.23. The lowest BCUT2D eigenvalue weighted by Gasteiger charge is -2.33. The molecule has 3 unspecified atom stereocenters. The average Bonchev–Trinajstić information content (AvgIpc) is 3.16. The number of morpholine rings is 1. The molecule has 2 aliphatic rings. The standard InChI is InChI=1S/C19H31N3O4S.ClH/c1-25-10-9-22-27(23,24)16-5-2-4-15(12-16)13-21-18-7-3-6-17(18)19-14-26-11-8-20-19;/h2,4-5,12,17-22H,3,6-11,13-14H2,1H3;1H. The maximum Gasteiger partial charge on any atom is 0.240 e. The van der Waals surface area contributed by atoms with Crippen molar-refractivity contribution in [2.75, 3.05) is 40.0 Å². The Morgan fingerprint density at radius 3 is 2.93 bits per heavy atom. The highest BCUT2D eigenvalue weighted by atomic mass is 35.5.